The summed E-state index contributed by atoms with van der Waals surface area (Å²) in [6.07, 6.45) is 0.775. The fourth-order valence-corrected chi connectivity index (χ4v) is 2.96. The second-order valence-electron chi connectivity index (χ2n) is 5.87. The highest BCUT2D eigenvalue weighted by atomic mass is 79.9. The molecule has 0 aliphatic heterocycles. The van der Waals surface area contributed by atoms with Gasteiger partial charge in [0, 0.05) is 18.6 Å². The number of ether oxygens (including phenoxy) is 2. The van der Waals surface area contributed by atoms with Crippen molar-refractivity contribution in [1.82, 2.24) is 0 Å². The number of nitro groups is 1. The SMILES string of the molecule is O=C(Oc1ccc([N+](=O)[O-])cc1)c1ccc(OCCc2ccccc2)c(Br)c1. The third-order valence-electron chi connectivity index (χ3n) is 3.92. The van der Waals surface area contributed by atoms with Gasteiger partial charge in [-0.25, -0.2) is 4.79 Å². The molecule has 0 N–H and O–H groups in total. The van der Waals surface area contributed by atoms with Gasteiger partial charge in [-0.2, -0.15) is 0 Å². The second kappa shape index (κ2) is 9.14. The first kappa shape index (κ1) is 19.6. The molecule has 0 unspecified atom stereocenters. The molecule has 0 aliphatic carbocycles. The fourth-order valence-electron chi connectivity index (χ4n) is 2.47. The summed E-state index contributed by atoms with van der Waals surface area (Å²) in [5.74, 6) is 0.295. The van der Waals surface area contributed by atoms with E-state index in [2.05, 4.69) is 15.9 Å². The monoisotopic (exact) mass is 441 g/mol. The molecule has 0 radical (unpaired) electrons. The van der Waals surface area contributed by atoms with Crippen LogP contribution in [0.2, 0.25) is 0 Å². The van der Waals surface area contributed by atoms with E-state index in [-0.39, 0.29) is 11.4 Å². The van der Waals surface area contributed by atoms with Crippen LogP contribution in [0.1, 0.15) is 15.9 Å². The Balaban J connectivity index is 1.59. The zero-order chi connectivity index (χ0) is 19.9. The van der Waals surface area contributed by atoms with E-state index in [0.29, 0.717) is 22.4 Å². The number of esters is 1. The molecule has 0 atom stereocenters. The van der Waals surface area contributed by atoms with Crippen LogP contribution >= 0.6 is 15.9 Å². The lowest BCUT2D eigenvalue weighted by Gasteiger charge is -2.10. The maximum Gasteiger partial charge on any atom is 0.343 e. The number of halogens is 1. The highest BCUT2D eigenvalue weighted by Gasteiger charge is 2.13. The van der Waals surface area contributed by atoms with Gasteiger partial charge in [-0.15, -0.1) is 0 Å². The second-order valence-corrected chi connectivity index (χ2v) is 6.72. The van der Waals surface area contributed by atoms with E-state index in [9.17, 15) is 14.9 Å². The minimum absolute atomic E-state index is 0.0699. The summed E-state index contributed by atoms with van der Waals surface area (Å²) >= 11 is 3.41. The Hall–Kier alpha value is -3.19. The molecule has 0 saturated heterocycles. The predicted octanol–water partition coefficient (Wildman–Crippen LogP) is 5.20. The highest BCUT2D eigenvalue weighted by Crippen LogP contribution is 2.27. The standard InChI is InChI=1S/C21H16BrNO5/c22-19-14-16(21(24)28-18-9-7-17(8-10-18)23(25)26)6-11-20(19)27-13-12-15-4-2-1-3-5-15/h1-11,14H,12-13H2. The third-order valence-corrected chi connectivity index (χ3v) is 4.54. The van der Waals surface area contributed by atoms with E-state index in [1.807, 2.05) is 30.3 Å². The molecule has 0 aliphatic rings. The quantitative estimate of drug-likeness (QED) is 0.218. The summed E-state index contributed by atoms with van der Waals surface area (Å²) in [6.45, 7) is 0.509. The molecule has 0 heterocycles. The van der Waals surface area contributed by atoms with Gasteiger partial charge in [-0.1, -0.05) is 30.3 Å². The number of non-ortho nitro benzene ring substituents is 1. The molecular formula is C21H16BrNO5. The normalized spacial score (nSPS) is 10.3. The van der Waals surface area contributed by atoms with Crippen molar-refractivity contribution in [2.45, 2.75) is 6.42 Å². The van der Waals surface area contributed by atoms with E-state index in [1.165, 1.54) is 29.8 Å². The summed E-state index contributed by atoms with van der Waals surface area (Å²) in [5.41, 5.74) is 1.45. The van der Waals surface area contributed by atoms with Gasteiger partial charge in [0.2, 0.25) is 0 Å². The first-order valence-electron chi connectivity index (χ1n) is 8.46. The zero-order valence-electron chi connectivity index (χ0n) is 14.7. The van der Waals surface area contributed by atoms with Crippen LogP contribution in [-0.2, 0) is 6.42 Å². The van der Waals surface area contributed by atoms with Crippen LogP contribution in [0.3, 0.4) is 0 Å². The Morgan fingerprint density at radius 1 is 1.00 bits per heavy atom. The first-order valence-corrected chi connectivity index (χ1v) is 9.25. The van der Waals surface area contributed by atoms with E-state index < -0.39 is 10.9 Å². The number of rotatable bonds is 7. The summed E-state index contributed by atoms with van der Waals surface area (Å²) in [5, 5.41) is 10.7. The zero-order valence-corrected chi connectivity index (χ0v) is 16.3. The van der Waals surface area contributed by atoms with Gasteiger partial charge in [-0.3, -0.25) is 10.1 Å². The molecule has 6 nitrogen and oxygen atoms in total. The van der Waals surface area contributed by atoms with E-state index in [1.54, 1.807) is 18.2 Å². The molecule has 3 aromatic rings. The lowest BCUT2D eigenvalue weighted by atomic mass is 10.2. The van der Waals surface area contributed by atoms with Crippen molar-refractivity contribution < 1.29 is 19.2 Å². The van der Waals surface area contributed by atoms with Crippen molar-refractivity contribution in [2.24, 2.45) is 0 Å². The molecule has 0 bridgehead atoms. The Bertz CT molecular complexity index is 974. The summed E-state index contributed by atoms with van der Waals surface area (Å²) in [4.78, 5) is 22.4. The predicted molar refractivity (Wildman–Crippen MR) is 108 cm³/mol. The van der Waals surface area contributed by atoms with E-state index in [4.69, 9.17) is 9.47 Å². The molecule has 3 aromatic carbocycles. The first-order chi connectivity index (χ1) is 13.5. The Morgan fingerprint density at radius 2 is 1.71 bits per heavy atom. The number of carbonyl (C=O) groups excluding carboxylic acids is 1. The summed E-state index contributed by atoms with van der Waals surface area (Å²) in [7, 11) is 0. The van der Waals surface area contributed by atoms with Gasteiger partial charge >= 0.3 is 5.97 Å². The van der Waals surface area contributed by atoms with Crippen molar-refractivity contribution >= 4 is 27.6 Å². The van der Waals surface area contributed by atoms with Crippen LogP contribution in [-0.4, -0.2) is 17.5 Å². The van der Waals surface area contributed by atoms with Gasteiger partial charge in [-0.05, 0) is 51.8 Å². The van der Waals surface area contributed by atoms with Crippen LogP contribution in [0.5, 0.6) is 11.5 Å². The van der Waals surface area contributed by atoms with Gasteiger partial charge in [0.05, 0.1) is 21.6 Å². The number of nitrogens with zero attached hydrogens (tertiary/aromatic N) is 1. The summed E-state index contributed by atoms with van der Waals surface area (Å²) in [6, 6.07) is 20.3. The lowest BCUT2D eigenvalue weighted by Crippen LogP contribution is -2.09. The Morgan fingerprint density at radius 3 is 2.36 bits per heavy atom. The average Bonchev–Trinajstić information content (AvgIpc) is 2.70. The number of nitro benzene ring substituents is 1. The van der Waals surface area contributed by atoms with Crippen LogP contribution < -0.4 is 9.47 Å². The van der Waals surface area contributed by atoms with Crippen molar-refractivity contribution in [3.8, 4) is 11.5 Å². The molecule has 0 aromatic heterocycles. The molecule has 0 spiro atoms. The molecule has 7 heteroatoms. The van der Waals surface area contributed by atoms with Gasteiger partial charge < -0.3 is 9.47 Å². The smallest absolute Gasteiger partial charge is 0.343 e. The van der Waals surface area contributed by atoms with Crippen molar-refractivity contribution in [2.75, 3.05) is 6.61 Å². The van der Waals surface area contributed by atoms with Gasteiger partial charge in [0.15, 0.2) is 0 Å². The molecule has 28 heavy (non-hydrogen) atoms. The van der Waals surface area contributed by atoms with Crippen LogP contribution in [0.4, 0.5) is 5.69 Å². The molecule has 3 rings (SSSR count). The van der Waals surface area contributed by atoms with Crippen LogP contribution in [0, 0.1) is 10.1 Å². The minimum atomic E-state index is -0.564. The Labute approximate surface area is 170 Å². The van der Waals surface area contributed by atoms with Gasteiger partial charge in [0.1, 0.15) is 11.5 Å². The largest absolute Gasteiger partial charge is 0.492 e. The maximum absolute atomic E-state index is 12.3. The third kappa shape index (κ3) is 5.17. The van der Waals surface area contributed by atoms with E-state index >= 15 is 0 Å². The van der Waals surface area contributed by atoms with Crippen LogP contribution in [0.15, 0.2) is 77.3 Å². The van der Waals surface area contributed by atoms with Crippen molar-refractivity contribution in [1.29, 1.82) is 0 Å². The maximum atomic E-state index is 12.3. The summed E-state index contributed by atoms with van der Waals surface area (Å²) < 4.78 is 11.7. The minimum Gasteiger partial charge on any atom is -0.492 e. The van der Waals surface area contributed by atoms with Crippen molar-refractivity contribution in [3.63, 3.8) is 0 Å². The number of hydrogen-bond donors (Lipinski definition) is 0. The molecule has 142 valence electrons. The fraction of sp³-hybridized carbons (Fsp3) is 0.0952. The number of benzene rings is 3. The molecule has 0 amide bonds. The molecule has 0 saturated carbocycles. The molecular weight excluding hydrogens is 426 g/mol. The van der Waals surface area contributed by atoms with E-state index in [0.717, 1.165) is 6.42 Å². The molecule has 0 fully saturated rings. The number of carbonyl (C=O) groups is 1. The Kier molecular flexibility index (Phi) is 6.39. The van der Waals surface area contributed by atoms with Gasteiger partial charge in [0.25, 0.3) is 5.69 Å². The highest BCUT2D eigenvalue weighted by molar-refractivity contribution is 9.10. The lowest BCUT2D eigenvalue weighted by molar-refractivity contribution is -0.384. The van der Waals surface area contributed by atoms with Crippen LogP contribution in [0.25, 0.3) is 0 Å². The topological polar surface area (TPSA) is 78.7 Å². The number of hydrogen-bond acceptors (Lipinski definition) is 5. The van der Waals surface area contributed by atoms with Crippen molar-refractivity contribution in [3.05, 3.63) is 98.5 Å². The average molecular weight is 442 g/mol.